The smallest absolute Gasteiger partial charge is 0.422 e. The highest BCUT2D eigenvalue weighted by atomic mass is 19.4. The molecule has 0 aliphatic rings. The van der Waals surface area contributed by atoms with E-state index in [1.54, 1.807) is 13.8 Å². The van der Waals surface area contributed by atoms with Crippen molar-refractivity contribution in [1.29, 1.82) is 0 Å². The van der Waals surface area contributed by atoms with Gasteiger partial charge in [-0.25, -0.2) is 14.4 Å². The average Bonchev–Trinajstić information content (AvgIpc) is 2.53. The van der Waals surface area contributed by atoms with Crippen molar-refractivity contribution >= 4 is 35.3 Å². The maximum Gasteiger partial charge on any atom is 0.422 e. The fourth-order valence-electron chi connectivity index (χ4n) is 0.482. The number of aliphatic hydroxyl groups excluding tert-OH is 1. The number of hydrogen-bond acceptors (Lipinski definition) is 9. The number of aliphatic hydroxyl groups is 1. The summed E-state index contributed by atoms with van der Waals surface area (Å²) in [7, 11) is 0. The Kier molecular flexibility index (Phi) is 22.2. The van der Waals surface area contributed by atoms with Crippen LogP contribution in [0.25, 0.3) is 0 Å². The van der Waals surface area contributed by atoms with Gasteiger partial charge in [0.25, 0.3) is 0 Å². The van der Waals surface area contributed by atoms with E-state index in [9.17, 15) is 41.9 Å². The molecule has 0 atom stereocenters. The number of rotatable bonds is 5. The van der Waals surface area contributed by atoms with E-state index in [2.05, 4.69) is 9.47 Å². The summed E-state index contributed by atoms with van der Waals surface area (Å²) >= 11 is 0. The van der Waals surface area contributed by atoms with Gasteiger partial charge in [0.1, 0.15) is 0 Å². The normalized spacial score (nSPS) is 8.89. The lowest BCUT2D eigenvalue weighted by molar-refractivity contribution is -0.186. The topological polar surface area (TPSA) is 161 Å². The first-order valence-corrected chi connectivity index (χ1v) is 7.33. The standard InChI is InChI=1S/C5H5F3O3.C5H8O3.C3H4O3.C2H6O/c1-3(9)4(10)11-2-5(6,7)8;1-3-8-5(7)4(2)6;1-2(4)3(5)6;1-2-3/h2H2,1H3;3H2,1-2H3;1H3,(H,5,6);3H,2H2,1H3. The molecule has 0 saturated heterocycles. The molecule has 0 aromatic heterocycles. The van der Waals surface area contributed by atoms with Crippen LogP contribution in [0, 0.1) is 0 Å². The second-order valence-electron chi connectivity index (χ2n) is 4.20. The lowest BCUT2D eigenvalue weighted by atomic mass is 10.5. The molecule has 0 heterocycles. The molecule has 0 aliphatic carbocycles. The van der Waals surface area contributed by atoms with Crippen molar-refractivity contribution in [3.8, 4) is 0 Å². The molecular weight excluding hydrogens is 397 g/mol. The third-order valence-electron chi connectivity index (χ3n) is 1.52. The molecule has 10 nitrogen and oxygen atoms in total. The van der Waals surface area contributed by atoms with Crippen LogP contribution in [-0.2, 0) is 38.2 Å². The molecule has 0 bridgehead atoms. The van der Waals surface area contributed by atoms with Crippen molar-refractivity contribution in [1.82, 2.24) is 0 Å². The van der Waals surface area contributed by atoms with E-state index in [4.69, 9.17) is 10.2 Å². The summed E-state index contributed by atoms with van der Waals surface area (Å²) in [5.41, 5.74) is 0. The highest BCUT2D eigenvalue weighted by Gasteiger charge is 2.30. The molecule has 28 heavy (non-hydrogen) atoms. The van der Waals surface area contributed by atoms with Gasteiger partial charge >= 0.3 is 24.1 Å². The molecule has 0 radical (unpaired) electrons. The Morgan fingerprint density at radius 1 is 0.786 bits per heavy atom. The van der Waals surface area contributed by atoms with Gasteiger partial charge in [0.15, 0.2) is 6.61 Å². The number of esters is 2. The van der Waals surface area contributed by atoms with Crippen LogP contribution in [0.2, 0.25) is 0 Å². The maximum atomic E-state index is 11.3. The molecule has 0 aromatic carbocycles. The van der Waals surface area contributed by atoms with Crippen LogP contribution in [0.4, 0.5) is 13.2 Å². The van der Waals surface area contributed by atoms with Crippen LogP contribution in [0.15, 0.2) is 0 Å². The predicted octanol–water partition coefficient (Wildman–Crippen LogP) is 0.478. The molecule has 0 unspecified atom stereocenters. The number of aliphatic carboxylic acids is 1. The number of carbonyl (C=O) groups excluding carboxylic acids is 5. The fourth-order valence-corrected chi connectivity index (χ4v) is 0.482. The van der Waals surface area contributed by atoms with E-state index in [-0.39, 0.29) is 13.2 Å². The highest BCUT2D eigenvalue weighted by molar-refractivity contribution is 6.33. The second-order valence-corrected chi connectivity index (χ2v) is 4.20. The van der Waals surface area contributed by atoms with Gasteiger partial charge in [0.2, 0.25) is 17.3 Å². The Balaban J connectivity index is -0.000000149. The monoisotopic (exact) mass is 420 g/mol. The Labute approximate surface area is 158 Å². The second kappa shape index (κ2) is 18.9. The number of hydrogen-bond donors (Lipinski definition) is 2. The average molecular weight is 420 g/mol. The number of ether oxygens (including phenoxy) is 2. The minimum absolute atomic E-state index is 0.250. The first kappa shape index (κ1) is 32.8. The van der Waals surface area contributed by atoms with Crippen molar-refractivity contribution < 1.29 is 61.6 Å². The highest BCUT2D eigenvalue weighted by Crippen LogP contribution is 2.14. The molecule has 0 amide bonds. The summed E-state index contributed by atoms with van der Waals surface area (Å²) in [6.45, 7) is 5.14. The van der Waals surface area contributed by atoms with Gasteiger partial charge < -0.3 is 19.7 Å². The fraction of sp³-hybridized carbons (Fsp3) is 0.600. The maximum absolute atomic E-state index is 11.3. The summed E-state index contributed by atoms with van der Waals surface area (Å²) < 4.78 is 41.7. The minimum Gasteiger partial charge on any atom is -0.476 e. The van der Waals surface area contributed by atoms with E-state index in [0.717, 1.165) is 13.8 Å². The van der Waals surface area contributed by atoms with E-state index in [0.29, 0.717) is 0 Å². The summed E-state index contributed by atoms with van der Waals surface area (Å²) in [4.78, 5) is 59.3. The van der Waals surface area contributed by atoms with Crippen LogP contribution in [0.5, 0.6) is 0 Å². The third-order valence-corrected chi connectivity index (χ3v) is 1.52. The number of halogens is 3. The molecular formula is C15H23F3O10. The van der Waals surface area contributed by atoms with Crippen LogP contribution in [-0.4, -0.2) is 71.5 Å². The molecule has 0 rings (SSSR count). The van der Waals surface area contributed by atoms with E-state index >= 15 is 0 Å². The SMILES string of the molecule is CC(=O)C(=O)O.CC(=O)C(=O)OCC(F)(F)F.CCO.CCOC(=O)C(C)=O. The number of Topliss-reactive ketones (excluding diaryl/α,β-unsaturated/α-hetero) is 3. The van der Waals surface area contributed by atoms with Gasteiger partial charge in [0.05, 0.1) is 6.61 Å². The summed E-state index contributed by atoms with van der Waals surface area (Å²) in [6, 6.07) is 0. The number of carboxylic acids is 1. The molecule has 0 aliphatic heterocycles. The Morgan fingerprint density at radius 3 is 1.21 bits per heavy atom. The number of carboxylic acid groups (broad SMARTS) is 1. The summed E-state index contributed by atoms with van der Waals surface area (Å²) in [5.74, 6) is -6.03. The first-order valence-electron chi connectivity index (χ1n) is 7.33. The third kappa shape index (κ3) is 34.5. The van der Waals surface area contributed by atoms with Gasteiger partial charge in [-0.05, 0) is 13.8 Å². The van der Waals surface area contributed by atoms with E-state index in [1.165, 1.54) is 6.92 Å². The number of ketones is 3. The quantitative estimate of drug-likeness (QED) is 0.472. The minimum atomic E-state index is -4.58. The Bertz CT molecular complexity index is 515. The first-order chi connectivity index (χ1) is 12.6. The van der Waals surface area contributed by atoms with Gasteiger partial charge in [-0.2, -0.15) is 13.2 Å². The lowest BCUT2D eigenvalue weighted by Gasteiger charge is -2.04. The van der Waals surface area contributed by atoms with E-state index < -0.39 is 48.0 Å². The van der Waals surface area contributed by atoms with Crippen molar-refractivity contribution in [3.63, 3.8) is 0 Å². The van der Waals surface area contributed by atoms with Gasteiger partial charge in [-0.1, -0.05) is 0 Å². The van der Waals surface area contributed by atoms with E-state index in [1.807, 2.05) is 0 Å². The van der Waals surface area contributed by atoms with Crippen molar-refractivity contribution in [2.75, 3.05) is 19.8 Å². The molecule has 0 fully saturated rings. The van der Waals surface area contributed by atoms with Gasteiger partial charge in [0, 0.05) is 27.4 Å². The largest absolute Gasteiger partial charge is 0.476 e. The lowest BCUT2D eigenvalue weighted by Crippen LogP contribution is -2.23. The van der Waals surface area contributed by atoms with Crippen LogP contribution >= 0.6 is 0 Å². The molecule has 0 saturated carbocycles. The van der Waals surface area contributed by atoms with Crippen LogP contribution < -0.4 is 0 Å². The molecule has 164 valence electrons. The Hall–Kier alpha value is -2.83. The molecule has 0 spiro atoms. The van der Waals surface area contributed by atoms with Gasteiger partial charge in [-0.3, -0.25) is 14.4 Å². The van der Waals surface area contributed by atoms with Crippen LogP contribution in [0.3, 0.4) is 0 Å². The number of carbonyl (C=O) groups is 6. The van der Waals surface area contributed by atoms with Crippen LogP contribution in [0.1, 0.15) is 34.6 Å². The predicted molar refractivity (Wildman–Crippen MR) is 86.1 cm³/mol. The zero-order valence-electron chi connectivity index (χ0n) is 15.9. The summed E-state index contributed by atoms with van der Waals surface area (Å²) in [5, 5.41) is 15.2. The number of alkyl halides is 3. The summed E-state index contributed by atoms with van der Waals surface area (Å²) in [6.07, 6.45) is -4.58. The van der Waals surface area contributed by atoms with Crippen molar-refractivity contribution in [3.05, 3.63) is 0 Å². The van der Waals surface area contributed by atoms with Crippen molar-refractivity contribution in [2.24, 2.45) is 0 Å². The van der Waals surface area contributed by atoms with Crippen molar-refractivity contribution in [2.45, 2.75) is 40.8 Å². The molecule has 13 heteroatoms. The molecule has 0 aromatic rings. The Morgan fingerprint density at radius 2 is 1.07 bits per heavy atom. The molecule has 2 N–H and O–H groups in total. The zero-order chi connectivity index (χ0) is 23.5. The zero-order valence-corrected chi connectivity index (χ0v) is 15.9. The van der Waals surface area contributed by atoms with Gasteiger partial charge in [-0.15, -0.1) is 0 Å².